The van der Waals surface area contributed by atoms with Crippen LogP contribution in [0.5, 0.6) is 0 Å². The van der Waals surface area contributed by atoms with Gasteiger partial charge in [0.2, 0.25) is 11.8 Å². The first-order chi connectivity index (χ1) is 14.1. The fraction of sp³-hybridized carbons (Fsp3) is 0.400. The van der Waals surface area contributed by atoms with Gasteiger partial charge in [0.15, 0.2) is 5.13 Å². The number of hydrogen-bond acceptors (Lipinski definition) is 7. The molecule has 0 bridgehead atoms. The number of imide groups is 1. The average molecular weight is 411 g/mol. The molecule has 3 aliphatic heterocycles. The van der Waals surface area contributed by atoms with E-state index >= 15 is 0 Å². The summed E-state index contributed by atoms with van der Waals surface area (Å²) in [5.41, 5.74) is 3.57. The highest BCUT2D eigenvalue weighted by molar-refractivity contribution is 7.15. The van der Waals surface area contributed by atoms with Gasteiger partial charge in [-0.15, -0.1) is 11.3 Å². The molecule has 3 amide bonds. The zero-order chi connectivity index (χ0) is 20.0. The SMILES string of the molecule is O=C1CCC(N2Cc3cccc(CNc4nc5c(s4)CCNC5)c3C2=O)C(=O)N1. The summed E-state index contributed by atoms with van der Waals surface area (Å²) in [5.74, 6) is -0.805. The van der Waals surface area contributed by atoms with Crippen molar-refractivity contribution < 1.29 is 14.4 Å². The van der Waals surface area contributed by atoms with E-state index in [0.29, 0.717) is 25.1 Å². The van der Waals surface area contributed by atoms with Gasteiger partial charge in [-0.2, -0.15) is 0 Å². The van der Waals surface area contributed by atoms with Gasteiger partial charge in [-0.25, -0.2) is 4.98 Å². The summed E-state index contributed by atoms with van der Waals surface area (Å²) in [6, 6.07) is 5.21. The van der Waals surface area contributed by atoms with Crippen LogP contribution in [-0.4, -0.2) is 40.2 Å². The highest BCUT2D eigenvalue weighted by Crippen LogP contribution is 2.31. The van der Waals surface area contributed by atoms with Crippen LogP contribution in [0.3, 0.4) is 0 Å². The maximum Gasteiger partial charge on any atom is 0.255 e. The van der Waals surface area contributed by atoms with E-state index in [9.17, 15) is 14.4 Å². The molecular formula is C20H21N5O3S. The van der Waals surface area contributed by atoms with Gasteiger partial charge in [-0.05, 0) is 24.0 Å². The molecule has 29 heavy (non-hydrogen) atoms. The fourth-order valence-corrected chi connectivity index (χ4v) is 5.18. The first-order valence-corrected chi connectivity index (χ1v) is 10.6. The minimum Gasteiger partial charge on any atom is -0.357 e. The average Bonchev–Trinajstić information content (AvgIpc) is 3.28. The van der Waals surface area contributed by atoms with Crippen molar-refractivity contribution in [2.45, 2.75) is 44.9 Å². The number of nitrogens with zero attached hydrogens (tertiary/aromatic N) is 2. The van der Waals surface area contributed by atoms with Crippen molar-refractivity contribution in [1.82, 2.24) is 20.5 Å². The lowest BCUT2D eigenvalue weighted by Crippen LogP contribution is -2.52. The Kier molecular flexibility index (Phi) is 4.56. The number of piperidine rings is 1. The lowest BCUT2D eigenvalue weighted by atomic mass is 10.0. The van der Waals surface area contributed by atoms with Crippen molar-refractivity contribution in [3.05, 3.63) is 45.5 Å². The summed E-state index contributed by atoms with van der Waals surface area (Å²) in [6.07, 6.45) is 1.63. The van der Waals surface area contributed by atoms with Gasteiger partial charge in [0.1, 0.15) is 6.04 Å². The van der Waals surface area contributed by atoms with Crippen LogP contribution in [-0.2, 0) is 35.6 Å². The molecule has 8 nitrogen and oxygen atoms in total. The third-order valence-corrected chi connectivity index (χ3v) is 6.78. The molecule has 0 saturated carbocycles. The van der Waals surface area contributed by atoms with Crippen LogP contribution in [0.15, 0.2) is 18.2 Å². The summed E-state index contributed by atoms with van der Waals surface area (Å²) < 4.78 is 0. The predicted molar refractivity (Wildman–Crippen MR) is 107 cm³/mol. The minimum absolute atomic E-state index is 0.144. The van der Waals surface area contributed by atoms with E-state index in [4.69, 9.17) is 0 Å². The molecule has 0 radical (unpaired) electrons. The molecule has 1 aromatic heterocycles. The largest absolute Gasteiger partial charge is 0.357 e. The molecule has 1 fully saturated rings. The Labute approximate surface area is 171 Å². The standard InChI is InChI=1S/C20H21N5O3S/c26-16-5-4-14(18(27)24-16)25-10-12-3-1-2-11(17(12)19(25)28)8-22-20-23-13-9-21-7-6-15(13)29-20/h1-3,14,21H,4-10H2,(H,22,23)(H,24,26,27). The normalized spacial score (nSPS) is 21.0. The summed E-state index contributed by atoms with van der Waals surface area (Å²) in [4.78, 5) is 44.3. The van der Waals surface area contributed by atoms with Crippen LogP contribution in [0.2, 0.25) is 0 Å². The number of carbonyl (C=O) groups excluding carboxylic acids is 3. The minimum atomic E-state index is -0.591. The molecular weight excluding hydrogens is 390 g/mol. The highest BCUT2D eigenvalue weighted by atomic mass is 32.1. The number of fused-ring (bicyclic) bond motifs is 2. The van der Waals surface area contributed by atoms with Gasteiger partial charge >= 0.3 is 0 Å². The first-order valence-electron chi connectivity index (χ1n) is 9.79. The molecule has 3 aliphatic rings. The van der Waals surface area contributed by atoms with Gasteiger partial charge in [0.05, 0.1) is 5.69 Å². The van der Waals surface area contributed by atoms with Crippen LogP contribution in [0, 0.1) is 0 Å². The smallest absolute Gasteiger partial charge is 0.255 e. The van der Waals surface area contributed by atoms with E-state index in [1.165, 1.54) is 4.88 Å². The van der Waals surface area contributed by atoms with E-state index in [2.05, 4.69) is 20.9 Å². The van der Waals surface area contributed by atoms with Crippen LogP contribution in [0.4, 0.5) is 5.13 Å². The second-order valence-electron chi connectivity index (χ2n) is 7.52. The van der Waals surface area contributed by atoms with Crippen molar-refractivity contribution >= 4 is 34.2 Å². The van der Waals surface area contributed by atoms with E-state index in [-0.39, 0.29) is 24.1 Å². The molecule has 3 N–H and O–H groups in total. The first kappa shape index (κ1) is 18.3. The Morgan fingerprint density at radius 1 is 1.24 bits per heavy atom. The second-order valence-corrected chi connectivity index (χ2v) is 8.60. The topological polar surface area (TPSA) is 103 Å². The second kappa shape index (κ2) is 7.23. The Balaban J connectivity index is 1.34. The number of nitrogens with one attached hydrogen (secondary N) is 3. The number of benzene rings is 1. The van der Waals surface area contributed by atoms with E-state index in [1.54, 1.807) is 16.2 Å². The number of anilines is 1. The molecule has 150 valence electrons. The van der Waals surface area contributed by atoms with Gasteiger partial charge < -0.3 is 15.5 Å². The molecule has 1 atom stereocenters. The molecule has 5 rings (SSSR count). The zero-order valence-corrected chi connectivity index (χ0v) is 16.6. The summed E-state index contributed by atoms with van der Waals surface area (Å²) in [7, 11) is 0. The number of aromatic nitrogens is 1. The number of hydrogen-bond donors (Lipinski definition) is 3. The molecule has 0 spiro atoms. The lowest BCUT2D eigenvalue weighted by molar-refractivity contribution is -0.136. The summed E-state index contributed by atoms with van der Waals surface area (Å²) in [5, 5.41) is 9.89. The van der Waals surface area contributed by atoms with Crippen molar-refractivity contribution in [3.8, 4) is 0 Å². The summed E-state index contributed by atoms with van der Waals surface area (Å²) in [6.45, 7) is 2.67. The Hall–Kier alpha value is -2.78. The Morgan fingerprint density at radius 3 is 2.97 bits per heavy atom. The van der Waals surface area contributed by atoms with Crippen LogP contribution >= 0.6 is 11.3 Å². The third-order valence-electron chi connectivity index (χ3n) is 5.67. The molecule has 1 saturated heterocycles. The van der Waals surface area contributed by atoms with Gasteiger partial charge in [0.25, 0.3) is 5.91 Å². The molecule has 0 aliphatic carbocycles. The van der Waals surface area contributed by atoms with Gasteiger partial charge in [-0.3, -0.25) is 19.7 Å². The molecule has 1 aromatic carbocycles. The monoisotopic (exact) mass is 411 g/mol. The molecule has 2 aromatic rings. The van der Waals surface area contributed by atoms with Crippen LogP contribution in [0.25, 0.3) is 0 Å². The Bertz CT molecular complexity index is 994. The maximum absolute atomic E-state index is 13.1. The zero-order valence-electron chi connectivity index (χ0n) is 15.8. The van der Waals surface area contributed by atoms with Crippen molar-refractivity contribution in [2.75, 3.05) is 11.9 Å². The van der Waals surface area contributed by atoms with E-state index < -0.39 is 6.04 Å². The molecule has 9 heteroatoms. The van der Waals surface area contributed by atoms with Crippen LogP contribution < -0.4 is 16.0 Å². The van der Waals surface area contributed by atoms with Crippen molar-refractivity contribution in [2.24, 2.45) is 0 Å². The fourth-order valence-electron chi connectivity index (χ4n) is 4.21. The van der Waals surface area contributed by atoms with Crippen LogP contribution in [0.1, 0.15) is 44.9 Å². The van der Waals surface area contributed by atoms with Gasteiger partial charge in [0, 0.05) is 43.0 Å². The number of amides is 3. The number of rotatable bonds is 4. The van der Waals surface area contributed by atoms with Crippen molar-refractivity contribution in [3.63, 3.8) is 0 Å². The number of carbonyl (C=O) groups is 3. The molecule has 4 heterocycles. The van der Waals surface area contributed by atoms with E-state index in [0.717, 1.165) is 41.5 Å². The maximum atomic E-state index is 13.1. The summed E-state index contributed by atoms with van der Waals surface area (Å²) >= 11 is 1.67. The highest BCUT2D eigenvalue weighted by Gasteiger charge is 2.39. The third kappa shape index (κ3) is 3.30. The van der Waals surface area contributed by atoms with E-state index in [1.807, 2.05) is 18.2 Å². The Morgan fingerprint density at radius 2 is 2.14 bits per heavy atom. The quantitative estimate of drug-likeness (QED) is 0.653. The lowest BCUT2D eigenvalue weighted by Gasteiger charge is -2.29. The van der Waals surface area contributed by atoms with Gasteiger partial charge in [-0.1, -0.05) is 18.2 Å². The number of thiazole rings is 1. The molecule has 1 unspecified atom stereocenters. The predicted octanol–water partition coefficient (Wildman–Crippen LogP) is 1.16. The van der Waals surface area contributed by atoms with Crippen molar-refractivity contribution in [1.29, 1.82) is 0 Å².